The Bertz CT molecular complexity index is 245. The Balaban J connectivity index is 0.000000288. The first-order chi connectivity index (χ1) is 6.85. The van der Waals surface area contributed by atoms with E-state index in [9.17, 15) is 8.42 Å². The molecule has 0 amide bonds. The van der Waals surface area contributed by atoms with Crippen LogP contribution in [-0.2, 0) is 14.6 Å². The quantitative estimate of drug-likeness (QED) is 0.749. The Hall–Kier alpha value is -0.170. The highest BCUT2D eigenvalue weighted by Crippen LogP contribution is 2.09. The third kappa shape index (κ3) is 10.1. The number of hydrogen-bond donors (Lipinski definition) is 1. The molecule has 0 aromatic carbocycles. The van der Waals surface area contributed by atoms with E-state index in [-0.39, 0.29) is 0 Å². The lowest BCUT2D eigenvalue weighted by Crippen LogP contribution is -2.23. The Kier molecular flexibility index (Phi) is 7.08. The monoisotopic (exact) mass is 239 g/mol. The SMILES string of the molecule is CC(C)CN1CCCC1.COS(=O)(=O)O. The summed E-state index contributed by atoms with van der Waals surface area (Å²) in [6, 6.07) is 0. The Morgan fingerprint density at radius 3 is 2.00 bits per heavy atom. The Labute approximate surface area is 92.4 Å². The van der Waals surface area contributed by atoms with E-state index in [0.717, 1.165) is 13.0 Å². The molecule has 1 rings (SSSR count). The maximum atomic E-state index is 9.33. The summed E-state index contributed by atoms with van der Waals surface area (Å²) in [5, 5.41) is 0. The minimum Gasteiger partial charge on any atom is -0.303 e. The van der Waals surface area contributed by atoms with Crippen LogP contribution in [0.4, 0.5) is 0 Å². The topological polar surface area (TPSA) is 66.8 Å². The van der Waals surface area contributed by atoms with Gasteiger partial charge in [-0.3, -0.25) is 8.74 Å². The zero-order chi connectivity index (χ0) is 11.9. The van der Waals surface area contributed by atoms with Crippen molar-refractivity contribution >= 4 is 10.4 Å². The van der Waals surface area contributed by atoms with Crippen LogP contribution in [-0.4, -0.2) is 44.6 Å². The first-order valence-electron chi connectivity index (χ1n) is 5.10. The molecule has 1 saturated heterocycles. The van der Waals surface area contributed by atoms with Crippen LogP contribution in [0.2, 0.25) is 0 Å². The van der Waals surface area contributed by atoms with Crippen molar-refractivity contribution in [3.63, 3.8) is 0 Å². The molecule has 0 saturated carbocycles. The Morgan fingerprint density at radius 2 is 1.73 bits per heavy atom. The molecule has 0 aromatic rings. The first-order valence-corrected chi connectivity index (χ1v) is 6.47. The molecule has 1 N–H and O–H groups in total. The van der Waals surface area contributed by atoms with Crippen molar-refractivity contribution in [3.8, 4) is 0 Å². The van der Waals surface area contributed by atoms with E-state index in [0.29, 0.717) is 0 Å². The molecule has 1 aliphatic rings. The van der Waals surface area contributed by atoms with Crippen molar-refractivity contribution in [3.05, 3.63) is 0 Å². The molecule has 1 heterocycles. The van der Waals surface area contributed by atoms with Gasteiger partial charge < -0.3 is 4.90 Å². The van der Waals surface area contributed by atoms with Crippen LogP contribution in [0.1, 0.15) is 26.7 Å². The zero-order valence-corrected chi connectivity index (χ0v) is 10.5. The maximum Gasteiger partial charge on any atom is 0.397 e. The molecule has 6 heteroatoms. The van der Waals surface area contributed by atoms with Crippen molar-refractivity contribution < 1.29 is 17.2 Å². The molecule has 1 aliphatic heterocycles. The molecule has 0 bridgehead atoms. The van der Waals surface area contributed by atoms with Gasteiger partial charge in [-0.2, -0.15) is 8.42 Å². The lowest BCUT2D eigenvalue weighted by Gasteiger charge is -2.16. The number of hydrogen-bond acceptors (Lipinski definition) is 4. The van der Waals surface area contributed by atoms with E-state index in [1.165, 1.54) is 32.5 Å². The number of rotatable bonds is 3. The van der Waals surface area contributed by atoms with E-state index in [4.69, 9.17) is 4.55 Å². The molecule has 1 fully saturated rings. The van der Waals surface area contributed by atoms with Crippen molar-refractivity contribution in [1.82, 2.24) is 4.90 Å². The summed E-state index contributed by atoms with van der Waals surface area (Å²) < 4.78 is 29.7. The summed E-state index contributed by atoms with van der Waals surface area (Å²) >= 11 is 0. The van der Waals surface area contributed by atoms with E-state index in [2.05, 4.69) is 22.9 Å². The maximum absolute atomic E-state index is 9.33. The predicted octanol–water partition coefficient (Wildman–Crippen LogP) is 1.17. The van der Waals surface area contributed by atoms with Crippen molar-refractivity contribution in [2.45, 2.75) is 26.7 Å². The molecule has 5 nitrogen and oxygen atoms in total. The van der Waals surface area contributed by atoms with Crippen LogP contribution in [0.25, 0.3) is 0 Å². The molecule has 0 atom stereocenters. The number of nitrogens with zero attached hydrogens (tertiary/aromatic N) is 1. The summed E-state index contributed by atoms with van der Waals surface area (Å²) in [4.78, 5) is 2.56. The van der Waals surface area contributed by atoms with Crippen molar-refractivity contribution in [1.29, 1.82) is 0 Å². The molecule has 15 heavy (non-hydrogen) atoms. The van der Waals surface area contributed by atoms with Crippen LogP contribution in [0.5, 0.6) is 0 Å². The highest BCUT2D eigenvalue weighted by atomic mass is 32.3. The van der Waals surface area contributed by atoms with Gasteiger partial charge in [0, 0.05) is 6.54 Å². The third-order valence-electron chi connectivity index (χ3n) is 2.03. The Morgan fingerprint density at radius 1 is 1.33 bits per heavy atom. The molecular formula is C9H21NO4S. The molecule has 0 radical (unpaired) electrons. The second-order valence-corrected chi connectivity index (χ2v) is 5.18. The van der Waals surface area contributed by atoms with Crippen LogP contribution in [0.15, 0.2) is 0 Å². The van der Waals surface area contributed by atoms with Gasteiger partial charge in [-0.25, -0.2) is 0 Å². The van der Waals surface area contributed by atoms with Gasteiger partial charge in [0.2, 0.25) is 0 Å². The molecule has 0 unspecified atom stereocenters. The smallest absolute Gasteiger partial charge is 0.303 e. The van der Waals surface area contributed by atoms with E-state index in [1.54, 1.807) is 0 Å². The second-order valence-electron chi connectivity index (χ2n) is 4.00. The normalized spacial score (nSPS) is 17.7. The predicted molar refractivity (Wildman–Crippen MR) is 59.1 cm³/mol. The van der Waals surface area contributed by atoms with Crippen LogP contribution >= 0.6 is 0 Å². The minimum atomic E-state index is -4.16. The van der Waals surface area contributed by atoms with E-state index in [1.807, 2.05) is 0 Å². The fourth-order valence-corrected chi connectivity index (χ4v) is 1.48. The largest absolute Gasteiger partial charge is 0.397 e. The molecule has 0 aromatic heterocycles. The molecule has 0 aliphatic carbocycles. The second kappa shape index (κ2) is 7.16. The molecule has 92 valence electrons. The van der Waals surface area contributed by atoms with Crippen molar-refractivity contribution in [2.24, 2.45) is 5.92 Å². The van der Waals surface area contributed by atoms with Gasteiger partial charge in [-0.15, -0.1) is 0 Å². The average molecular weight is 239 g/mol. The summed E-state index contributed by atoms with van der Waals surface area (Å²) in [5.74, 6) is 0.850. The molecule has 0 spiro atoms. The summed E-state index contributed by atoms with van der Waals surface area (Å²) in [6.45, 7) is 8.58. The van der Waals surface area contributed by atoms with Gasteiger partial charge in [0.15, 0.2) is 0 Å². The standard InChI is InChI=1S/C8H17N.CH4O4S/c1-8(2)7-9-5-3-4-6-9;1-5-6(2,3)4/h8H,3-7H2,1-2H3;1H3,(H,2,3,4). The van der Waals surface area contributed by atoms with E-state index < -0.39 is 10.4 Å². The fraction of sp³-hybridized carbons (Fsp3) is 1.00. The highest BCUT2D eigenvalue weighted by Gasteiger charge is 2.11. The molecular weight excluding hydrogens is 218 g/mol. The summed E-state index contributed by atoms with van der Waals surface area (Å²) in [6.07, 6.45) is 2.85. The van der Waals surface area contributed by atoms with Crippen molar-refractivity contribution in [2.75, 3.05) is 26.7 Å². The van der Waals surface area contributed by atoms with Gasteiger partial charge >= 0.3 is 10.4 Å². The lowest BCUT2D eigenvalue weighted by atomic mass is 10.2. The van der Waals surface area contributed by atoms with Gasteiger partial charge in [-0.05, 0) is 31.8 Å². The average Bonchev–Trinajstić information content (AvgIpc) is 2.55. The van der Waals surface area contributed by atoms with Gasteiger partial charge in [0.1, 0.15) is 0 Å². The van der Waals surface area contributed by atoms with Crippen LogP contribution in [0, 0.1) is 5.92 Å². The minimum absolute atomic E-state index is 0.850. The van der Waals surface area contributed by atoms with Crippen LogP contribution < -0.4 is 0 Å². The third-order valence-corrected chi connectivity index (χ3v) is 2.45. The van der Waals surface area contributed by atoms with E-state index >= 15 is 0 Å². The summed E-state index contributed by atoms with van der Waals surface area (Å²) in [5.41, 5.74) is 0. The van der Waals surface area contributed by atoms with Gasteiger partial charge in [0.25, 0.3) is 0 Å². The first kappa shape index (κ1) is 14.8. The van der Waals surface area contributed by atoms with Gasteiger partial charge in [0.05, 0.1) is 7.11 Å². The number of likely N-dealkylation sites (tertiary alicyclic amines) is 1. The van der Waals surface area contributed by atoms with Gasteiger partial charge in [-0.1, -0.05) is 13.8 Å². The zero-order valence-electron chi connectivity index (χ0n) is 9.64. The van der Waals surface area contributed by atoms with Crippen LogP contribution in [0.3, 0.4) is 0 Å². The highest BCUT2D eigenvalue weighted by molar-refractivity contribution is 7.80. The fourth-order valence-electron chi connectivity index (χ4n) is 1.48. The summed E-state index contributed by atoms with van der Waals surface area (Å²) in [7, 11) is -3.29. The lowest BCUT2D eigenvalue weighted by molar-refractivity contribution is 0.298.